The molecule has 0 amide bonds. The summed E-state index contributed by atoms with van der Waals surface area (Å²) < 4.78 is 7.19. The number of methoxy groups -OCH3 is 1. The van der Waals surface area contributed by atoms with Crippen LogP contribution in [0.3, 0.4) is 0 Å². The van der Waals surface area contributed by atoms with Crippen LogP contribution in [-0.2, 0) is 11.3 Å². The second kappa shape index (κ2) is 10.2. The maximum Gasteiger partial charge on any atom is 0.0834 e. The van der Waals surface area contributed by atoms with E-state index in [1.54, 1.807) is 13.3 Å². The Kier molecular flexibility index (Phi) is 8.92. The fraction of sp³-hybridized carbons (Fsp3) is 0.800. The average Bonchev–Trinajstić information content (AvgIpc) is 2.81. The second-order valence-corrected chi connectivity index (χ2v) is 5.95. The highest BCUT2D eigenvalue weighted by atomic mass is 35.5. The van der Waals surface area contributed by atoms with E-state index in [-0.39, 0.29) is 6.04 Å². The highest BCUT2D eigenvalue weighted by Crippen LogP contribution is 2.26. The van der Waals surface area contributed by atoms with E-state index in [2.05, 4.69) is 36.3 Å². The largest absolute Gasteiger partial charge is 0.385 e. The lowest BCUT2D eigenvalue weighted by Crippen LogP contribution is -2.27. The second-order valence-electron chi connectivity index (χ2n) is 5.55. The summed E-state index contributed by atoms with van der Waals surface area (Å²) in [5, 5.41) is 8.77. The van der Waals surface area contributed by atoms with Crippen LogP contribution in [0.5, 0.6) is 0 Å². The Morgan fingerprint density at radius 3 is 2.86 bits per heavy atom. The lowest BCUT2D eigenvalue weighted by Gasteiger charge is -2.21. The lowest BCUT2D eigenvalue weighted by atomic mass is 10.1. The van der Waals surface area contributed by atoms with Crippen LogP contribution in [0.15, 0.2) is 6.20 Å². The van der Waals surface area contributed by atoms with Gasteiger partial charge in [-0.3, -0.25) is 4.68 Å². The molecular formula is C15H29ClN4O. The van der Waals surface area contributed by atoms with E-state index < -0.39 is 0 Å². The zero-order valence-electron chi connectivity index (χ0n) is 13.7. The van der Waals surface area contributed by atoms with Gasteiger partial charge in [-0.2, -0.15) is 5.10 Å². The van der Waals surface area contributed by atoms with E-state index in [4.69, 9.17) is 16.3 Å². The number of nitrogens with zero attached hydrogens (tertiary/aromatic N) is 3. The molecule has 0 aliphatic carbocycles. The van der Waals surface area contributed by atoms with Crippen LogP contribution in [0.2, 0.25) is 5.02 Å². The smallest absolute Gasteiger partial charge is 0.0834 e. The van der Waals surface area contributed by atoms with Gasteiger partial charge in [-0.25, -0.2) is 0 Å². The molecule has 0 radical (unpaired) electrons. The standard InChI is InChI=1S/C15H29ClN4O/c1-5-8-17-14(7-6-11-21-4)15-13(16)12-18-20(15)10-9-19(2)3/h12,14,17H,5-11H2,1-4H3. The fourth-order valence-electron chi connectivity index (χ4n) is 2.28. The average molecular weight is 317 g/mol. The third-order valence-corrected chi connectivity index (χ3v) is 3.70. The first-order chi connectivity index (χ1) is 10.1. The van der Waals surface area contributed by atoms with Crippen molar-refractivity contribution in [2.45, 2.75) is 38.8 Å². The molecule has 0 spiro atoms. The van der Waals surface area contributed by atoms with E-state index in [0.717, 1.165) is 56.2 Å². The molecule has 0 saturated carbocycles. The van der Waals surface area contributed by atoms with Crippen molar-refractivity contribution in [2.24, 2.45) is 0 Å². The van der Waals surface area contributed by atoms with Crippen LogP contribution in [0, 0.1) is 0 Å². The molecule has 0 aromatic carbocycles. The maximum absolute atomic E-state index is 6.38. The predicted molar refractivity (Wildman–Crippen MR) is 87.9 cm³/mol. The number of hydrogen-bond donors (Lipinski definition) is 1. The SMILES string of the molecule is CCCNC(CCCOC)c1c(Cl)cnn1CCN(C)C. The topological polar surface area (TPSA) is 42.3 Å². The van der Waals surface area contributed by atoms with Crippen molar-refractivity contribution in [1.29, 1.82) is 0 Å². The van der Waals surface area contributed by atoms with Crippen molar-refractivity contribution >= 4 is 11.6 Å². The van der Waals surface area contributed by atoms with Gasteiger partial charge in [-0.1, -0.05) is 18.5 Å². The van der Waals surface area contributed by atoms with E-state index >= 15 is 0 Å². The molecule has 1 heterocycles. The summed E-state index contributed by atoms with van der Waals surface area (Å²) in [4.78, 5) is 2.15. The van der Waals surface area contributed by atoms with E-state index in [1.165, 1.54) is 0 Å². The summed E-state index contributed by atoms with van der Waals surface area (Å²) in [7, 11) is 5.87. The van der Waals surface area contributed by atoms with Crippen molar-refractivity contribution < 1.29 is 4.74 Å². The molecule has 1 N–H and O–H groups in total. The summed E-state index contributed by atoms with van der Waals surface area (Å²) in [6, 6.07) is 0.234. The van der Waals surface area contributed by atoms with Crippen molar-refractivity contribution in [2.75, 3.05) is 40.9 Å². The van der Waals surface area contributed by atoms with Crippen molar-refractivity contribution in [3.05, 3.63) is 16.9 Å². The number of likely N-dealkylation sites (N-methyl/N-ethyl adjacent to an activating group) is 1. The zero-order chi connectivity index (χ0) is 15.7. The summed E-state index contributed by atoms with van der Waals surface area (Å²) in [6.45, 7) is 5.72. The van der Waals surface area contributed by atoms with Crippen molar-refractivity contribution in [3.63, 3.8) is 0 Å². The van der Waals surface area contributed by atoms with Crippen molar-refractivity contribution in [3.8, 4) is 0 Å². The number of hydrogen-bond acceptors (Lipinski definition) is 4. The van der Waals surface area contributed by atoms with Gasteiger partial charge >= 0.3 is 0 Å². The highest BCUT2D eigenvalue weighted by Gasteiger charge is 2.19. The van der Waals surface area contributed by atoms with Crippen LogP contribution >= 0.6 is 11.6 Å². The summed E-state index contributed by atoms with van der Waals surface area (Å²) >= 11 is 6.38. The Morgan fingerprint density at radius 2 is 2.24 bits per heavy atom. The first-order valence-electron chi connectivity index (χ1n) is 7.68. The van der Waals surface area contributed by atoms with Crippen LogP contribution in [0.25, 0.3) is 0 Å². The number of aromatic nitrogens is 2. The van der Waals surface area contributed by atoms with Gasteiger partial charge in [0, 0.05) is 20.3 Å². The summed E-state index contributed by atoms with van der Waals surface area (Å²) in [6.07, 6.45) is 4.86. The number of rotatable bonds is 11. The maximum atomic E-state index is 6.38. The van der Waals surface area contributed by atoms with E-state index in [1.807, 2.05) is 4.68 Å². The van der Waals surface area contributed by atoms with Crippen molar-refractivity contribution in [1.82, 2.24) is 20.0 Å². The molecule has 5 nitrogen and oxygen atoms in total. The van der Waals surface area contributed by atoms with Gasteiger partial charge in [0.25, 0.3) is 0 Å². The molecule has 21 heavy (non-hydrogen) atoms. The molecule has 0 bridgehead atoms. The van der Waals surface area contributed by atoms with Gasteiger partial charge in [0.15, 0.2) is 0 Å². The normalized spacial score (nSPS) is 13.0. The number of nitrogens with one attached hydrogen (secondary N) is 1. The molecule has 1 aromatic heterocycles. The molecule has 0 aliphatic heterocycles. The Hall–Kier alpha value is -0.620. The summed E-state index contributed by atoms with van der Waals surface area (Å²) in [5.74, 6) is 0. The van der Waals surface area contributed by atoms with Gasteiger partial charge in [-0.05, 0) is 39.9 Å². The fourth-order valence-corrected chi connectivity index (χ4v) is 2.55. The molecule has 0 fully saturated rings. The van der Waals surface area contributed by atoms with Crippen LogP contribution in [0.4, 0.5) is 0 Å². The van der Waals surface area contributed by atoms with Crippen LogP contribution in [0.1, 0.15) is 37.9 Å². The molecule has 122 valence electrons. The minimum absolute atomic E-state index is 0.234. The minimum Gasteiger partial charge on any atom is -0.385 e. The monoisotopic (exact) mass is 316 g/mol. The number of ether oxygens (including phenoxy) is 1. The molecule has 1 rings (SSSR count). The summed E-state index contributed by atoms with van der Waals surface area (Å²) in [5.41, 5.74) is 1.10. The van der Waals surface area contributed by atoms with E-state index in [0.29, 0.717) is 0 Å². The zero-order valence-corrected chi connectivity index (χ0v) is 14.5. The highest BCUT2D eigenvalue weighted by molar-refractivity contribution is 6.31. The molecule has 0 aliphatic rings. The van der Waals surface area contributed by atoms with Gasteiger partial charge in [0.05, 0.1) is 29.5 Å². The van der Waals surface area contributed by atoms with E-state index in [9.17, 15) is 0 Å². The quantitative estimate of drug-likeness (QED) is 0.637. The van der Waals surface area contributed by atoms with Gasteiger partial charge in [-0.15, -0.1) is 0 Å². The molecule has 1 unspecified atom stereocenters. The Bertz CT molecular complexity index is 395. The van der Waals surface area contributed by atoms with Gasteiger partial charge < -0.3 is 15.0 Å². The van der Waals surface area contributed by atoms with Crippen LogP contribution in [-0.4, -0.2) is 55.6 Å². The molecule has 1 atom stereocenters. The Balaban J connectivity index is 2.80. The first-order valence-corrected chi connectivity index (χ1v) is 8.06. The molecule has 0 saturated heterocycles. The van der Waals surface area contributed by atoms with Crippen LogP contribution < -0.4 is 5.32 Å². The molecule has 6 heteroatoms. The third kappa shape index (κ3) is 6.34. The Morgan fingerprint density at radius 1 is 1.48 bits per heavy atom. The Labute approximate surface area is 133 Å². The van der Waals surface area contributed by atoms with Gasteiger partial charge in [0.2, 0.25) is 0 Å². The minimum atomic E-state index is 0.234. The number of halogens is 1. The van der Waals surface area contributed by atoms with Gasteiger partial charge in [0.1, 0.15) is 0 Å². The molecular weight excluding hydrogens is 288 g/mol. The molecule has 1 aromatic rings. The predicted octanol–water partition coefficient (Wildman–Crippen LogP) is 2.57. The third-order valence-electron chi connectivity index (χ3n) is 3.40. The lowest BCUT2D eigenvalue weighted by molar-refractivity contribution is 0.188. The first kappa shape index (κ1) is 18.4.